The summed E-state index contributed by atoms with van der Waals surface area (Å²) in [5.74, 6) is -0.152. The van der Waals surface area contributed by atoms with Gasteiger partial charge in [-0.05, 0) is 19.3 Å². The van der Waals surface area contributed by atoms with Gasteiger partial charge in [0.25, 0.3) is 0 Å². The third-order valence-corrected chi connectivity index (χ3v) is 2.64. The third kappa shape index (κ3) is 5.14. The largest absolute Gasteiger partial charge is 0.394 e. The van der Waals surface area contributed by atoms with E-state index >= 15 is 0 Å². The van der Waals surface area contributed by atoms with Crippen LogP contribution >= 0.6 is 0 Å². The molecule has 0 atom stereocenters. The van der Waals surface area contributed by atoms with E-state index in [1.165, 1.54) is 0 Å². The van der Waals surface area contributed by atoms with Crippen molar-refractivity contribution in [2.24, 2.45) is 0 Å². The van der Waals surface area contributed by atoms with Crippen molar-refractivity contribution in [2.45, 2.75) is 45.6 Å². The van der Waals surface area contributed by atoms with Crippen LogP contribution in [0.15, 0.2) is 0 Å². The number of amides is 1. The highest BCUT2D eigenvalue weighted by atomic mass is 16.5. The summed E-state index contributed by atoms with van der Waals surface area (Å²) >= 11 is 0. The fraction of sp³-hybridized carbons (Fsp3) is 0.909. The first-order valence-electron chi connectivity index (χ1n) is 5.63. The molecule has 0 aliphatic heterocycles. The van der Waals surface area contributed by atoms with Crippen molar-refractivity contribution in [3.05, 3.63) is 0 Å². The Morgan fingerprint density at radius 1 is 1.33 bits per heavy atom. The molecular formula is C11H23NO3. The van der Waals surface area contributed by atoms with Gasteiger partial charge in [0.15, 0.2) is 0 Å². The number of rotatable bonds is 8. The molecule has 0 aromatic rings. The zero-order valence-electron chi connectivity index (χ0n) is 10.0. The van der Waals surface area contributed by atoms with Crippen LogP contribution in [0.2, 0.25) is 0 Å². The first kappa shape index (κ1) is 14.4. The summed E-state index contributed by atoms with van der Waals surface area (Å²) in [5.41, 5.74) is -0.480. The minimum absolute atomic E-state index is 0.0283. The van der Waals surface area contributed by atoms with E-state index in [0.717, 1.165) is 19.3 Å². The van der Waals surface area contributed by atoms with E-state index < -0.39 is 5.54 Å². The minimum Gasteiger partial charge on any atom is -0.394 e. The number of ether oxygens (including phenoxy) is 1. The molecule has 0 rings (SSSR count). The summed E-state index contributed by atoms with van der Waals surface area (Å²) in [5, 5.41) is 12.1. The van der Waals surface area contributed by atoms with Gasteiger partial charge >= 0.3 is 0 Å². The molecule has 0 fully saturated rings. The summed E-state index contributed by atoms with van der Waals surface area (Å²) < 4.78 is 5.13. The molecule has 90 valence electrons. The Hall–Kier alpha value is -0.610. The van der Waals surface area contributed by atoms with Crippen molar-refractivity contribution < 1.29 is 14.6 Å². The van der Waals surface area contributed by atoms with Crippen LogP contribution in [0.25, 0.3) is 0 Å². The first-order chi connectivity index (χ1) is 7.14. The van der Waals surface area contributed by atoms with Crippen LogP contribution < -0.4 is 5.32 Å². The third-order valence-electron chi connectivity index (χ3n) is 2.64. The Labute approximate surface area is 92.0 Å². The quantitative estimate of drug-likeness (QED) is 0.598. The maximum absolute atomic E-state index is 11.5. The number of aliphatic hydroxyl groups is 1. The Bertz CT molecular complexity index is 170. The molecule has 0 bridgehead atoms. The summed E-state index contributed by atoms with van der Waals surface area (Å²) in [6.07, 6.45) is 2.35. The molecule has 0 spiro atoms. The SMILES string of the molecule is CCCOCC(=O)NC(CC)(CC)CO. The fourth-order valence-electron chi connectivity index (χ4n) is 1.33. The standard InChI is InChI=1S/C11H23NO3/c1-4-7-15-8-10(14)12-11(5-2,6-3)9-13/h13H,4-9H2,1-3H3,(H,12,14). The Kier molecular flexibility index (Phi) is 7.34. The maximum atomic E-state index is 11.5. The minimum atomic E-state index is -0.480. The van der Waals surface area contributed by atoms with E-state index in [9.17, 15) is 9.90 Å². The second kappa shape index (κ2) is 7.65. The fourth-order valence-corrected chi connectivity index (χ4v) is 1.33. The van der Waals surface area contributed by atoms with Crippen LogP contribution in [0.1, 0.15) is 40.0 Å². The zero-order valence-corrected chi connectivity index (χ0v) is 10.0. The van der Waals surface area contributed by atoms with E-state index in [0.29, 0.717) is 6.61 Å². The molecule has 2 N–H and O–H groups in total. The van der Waals surface area contributed by atoms with Gasteiger partial charge in [0, 0.05) is 6.61 Å². The predicted molar refractivity (Wildman–Crippen MR) is 59.7 cm³/mol. The number of hydrogen-bond acceptors (Lipinski definition) is 3. The lowest BCUT2D eigenvalue weighted by Gasteiger charge is -2.30. The number of hydrogen-bond donors (Lipinski definition) is 2. The van der Waals surface area contributed by atoms with Crippen molar-refractivity contribution in [2.75, 3.05) is 19.8 Å². The Balaban J connectivity index is 4.00. The van der Waals surface area contributed by atoms with Crippen LogP contribution in [-0.4, -0.2) is 36.4 Å². The van der Waals surface area contributed by atoms with Crippen molar-refractivity contribution in [1.29, 1.82) is 0 Å². The summed E-state index contributed by atoms with van der Waals surface area (Å²) in [6.45, 7) is 6.54. The van der Waals surface area contributed by atoms with Gasteiger partial charge in [0.1, 0.15) is 6.61 Å². The molecule has 0 aromatic carbocycles. The molecule has 4 nitrogen and oxygen atoms in total. The second-order valence-corrected chi connectivity index (χ2v) is 3.75. The van der Waals surface area contributed by atoms with Gasteiger partial charge in [-0.3, -0.25) is 4.79 Å². The smallest absolute Gasteiger partial charge is 0.246 e. The van der Waals surface area contributed by atoms with E-state index in [-0.39, 0.29) is 19.1 Å². The number of carbonyl (C=O) groups is 1. The monoisotopic (exact) mass is 217 g/mol. The van der Waals surface area contributed by atoms with E-state index in [4.69, 9.17) is 4.74 Å². The molecule has 0 aliphatic rings. The lowest BCUT2D eigenvalue weighted by Crippen LogP contribution is -2.51. The molecule has 4 heteroatoms. The highest BCUT2D eigenvalue weighted by Gasteiger charge is 2.26. The molecule has 0 radical (unpaired) electrons. The van der Waals surface area contributed by atoms with Crippen LogP contribution in [0.4, 0.5) is 0 Å². The van der Waals surface area contributed by atoms with Gasteiger partial charge < -0.3 is 15.2 Å². The lowest BCUT2D eigenvalue weighted by molar-refractivity contribution is -0.128. The van der Waals surface area contributed by atoms with E-state index in [1.807, 2.05) is 20.8 Å². The first-order valence-corrected chi connectivity index (χ1v) is 5.63. The number of aliphatic hydroxyl groups excluding tert-OH is 1. The molecule has 0 saturated carbocycles. The average Bonchev–Trinajstić information content (AvgIpc) is 2.26. The summed E-state index contributed by atoms with van der Waals surface area (Å²) in [4.78, 5) is 11.5. The van der Waals surface area contributed by atoms with Crippen molar-refractivity contribution >= 4 is 5.91 Å². The van der Waals surface area contributed by atoms with Gasteiger partial charge in [-0.25, -0.2) is 0 Å². The lowest BCUT2D eigenvalue weighted by atomic mass is 9.94. The van der Waals surface area contributed by atoms with Gasteiger partial charge in [0.05, 0.1) is 12.1 Å². The van der Waals surface area contributed by atoms with Crippen molar-refractivity contribution in [1.82, 2.24) is 5.32 Å². The molecule has 15 heavy (non-hydrogen) atoms. The van der Waals surface area contributed by atoms with Crippen LogP contribution in [-0.2, 0) is 9.53 Å². The van der Waals surface area contributed by atoms with Gasteiger partial charge in [-0.1, -0.05) is 20.8 Å². The average molecular weight is 217 g/mol. The molecular weight excluding hydrogens is 194 g/mol. The van der Waals surface area contributed by atoms with Gasteiger partial charge in [0.2, 0.25) is 5.91 Å². The Morgan fingerprint density at radius 3 is 2.33 bits per heavy atom. The number of carbonyl (C=O) groups excluding carboxylic acids is 1. The molecule has 1 amide bonds. The molecule has 0 heterocycles. The summed E-state index contributed by atoms with van der Waals surface area (Å²) in [6, 6.07) is 0. The summed E-state index contributed by atoms with van der Waals surface area (Å²) in [7, 11) is 0. The van der Waals surface area contributed by atoms with E-state index in [2.05, 4.69) is 5.32 Å². The van der Waals surface area contributed by atoms with E-state index in [1.54, 1.807) is 0 Å². The maximum Gasteiger partial charge on any atom is 0.246 e. The topological polar surface area (TPSA) is 58.6 Å². The van der Waals surface area contributed by atoms with Crippen molar-refractivity contribution in [3.63, 3.8) is 0 Å². The zero-order chi connectivity index (χ0) is 11.7. The predicted octanol–water partition coefficient (Wildman–Crippen LogP) is 1.08. The van der Waals surface area contributed by atoms with Gasteiger partial charge in [-0.15, -0.1) is 0 Å². The molecule has 0 saturated heterocycles. The van der Waals surface area contributed by atoms with Gasteiger partial charge in [-0.2, -0.15) is 0 Å². The molecule has 0 aromatic heterocycles. The highest BCUT2D eigenvalue weighted by molar-refractivity contribution is 5.78. The highest BCUT2D eigenvalue weighted by Crippen LogP contribution is 2.13. The van der Waals surface area contributed by atoms with Crippen LogP contribution in [0.3, 0.4) is 0 Å². The normalized spacial score (nSPS) is 11.5. The van der Waals surface area contributed by atoms with Crippen LogP contribution in [0, 0.1) is 0 Å². The van der Waals surface area contributed by atoms with Crippen LogP contribution in [0.5, 0.6) is 0 Å². The van der Waals surface area contributed by atoms with Crippen molar-refractivity contribution in [3.8, 4) is 0 Å². The Morgan fingerprint density at radius 2 is 1.93 bits per heavy atom. The second-order valence-electron chi connectivity index (χ2n) is 3.75. The molecule has 0 unspecified atom stereocenters. The number of nitrogens with one attached hydrogen (secondary N) is 1. The molecule has 0 aliphatic carbocycles.